The van der Waals surface area contributed by atoms with E-state index in [1.807, 2.05) is 19.1 Å². The Labute approximate surface area is 131 Å². The summed E-state index contributed by atoms with van der Waals surface area (Å²) in [5.74, 6) is 1.07. The van der Waals surface area contributed by atoms with Crippen LogP contribution in [0.15, 0.2) is 18.2 Å². The second-order valence-corrected chi connectivity index (χ2v) is 5.05. The van der Waals surface area contributed by atoms with Crippen molar-refractivity contribution in [1.29, 1.82) is 0 Å². The van der Waals surface area contributed by atoms with Crippen LogP contribution in [0.5, 0.6) is 11.5 Å². The molecule has 6 nitrogen and oxygen atoms in total. The standard InChI is InChI=1S/C16H24N2O4/c1-12(9-16(20)18(11-19)8-4-7-17)14-6-5-13(21-2)10-15(14)22-3/h5-6,10-12H,4,7-9,17H2,1-3H3. The van der Waals surface area contributed by atoms with Gasteiger partial charge in [0.1, 0.15) is 11.5 Å². The highest BCUT2D eigenvalue weighted by Crippen LogP contribution is 2.32. The number of nitrogens with two attached hydrogens (primary N) is 1. The van der Waals surface area contributed by atoms with Crippen molar-refractivity contribution < 1.29 is 19.1 Å². The number of amides is 2. The van der Waals surface area contributed by atoms with E-state index in [0.29, 0.717) is 37.4 Å². The van der Waals surface area contributed by atoms with E-state index in [9.17, 15) is 9.59 Å². The van der Waals surface area contributed by atoms with Crippen LogP contribution in [0.1, 0.15) is 31.2 Å². The van der Waals surface area contributed by atoms with Gasteiger partial charge in [-0.2, -0.15) is 0 Å². The molecular weight excluding hydrogens is 284 g/mol. The summed E-state index contributed by atoms with van der Waals surface area (Å²) in [6.07, 6.45) is 1.40. The number of hydrogen-bond donors (Lipinski definition) is 1. The first-order chi connectivity index (χ1) is 10.6. The molecule has 1 aromatic carbocycles. The number of carbonyl (C=O) groups is 2. The topological polar surface area (TPSA) is 81.9 Å². The Morgan fingerprint density at radius 3 is 2.64 bits per heavy atom. The highest BCUT2D eigenvalue weighted by atomic mass is 16.5. The summed E-state index contributed by atoms with van der Waals surface area (Å²) in [5, 5.41) is 0. The van der Waals surface area contributed by atoms with E-state index >= 15 is 0 Å². The zero-order valence-electron chi connectivity index (χ0n) is 13.4. The molecule has 122 valence electrons. The van der Waals surface area contributed by atoms with E-state index in [0.717, 1.165) is 5.56 Å². The zero-order valence-corrected chi connectivity index (χ0v) is 13.4. The second kappa shape index (κ2) is 9.04. The largest absolute Gasteiger partial charge is 0.497 e. The van der Waals surface area contributed by atoms with Crippen molar-refractivity contribution in [3.63, 3.8) is 0 Å². The minimum Gasteiger partial charge on any atom is -0.497 e. The minimum atomic E-state index is -0.214. The Kier molecular flexibility index (Phi) is 7.39. The molecule has 0 spiro atoms. The number of rotatable bonds is 9. The molecule has 1 aromatic rings. The summed E-state index contributed by atoms with van der Waals surface area (Å²) in [4.78, 5) is 24.4. The number of imide groups is 1. The number of ether oxygens (including phenoxy) is 2. The molecule has 0 fully saturated rings. The molecule has 2 amide bonds. The molecule has 2 N–H and O–H groups in total. The van der Waals surface area contributed by atoms with Gasteiger partial charge in [-0.15, -0.1) is 0 Å². The van der Waals surface area contributed by atoms with Crippen LogP contribution in [0.3, 0.4) is 0 Å². The number of carbonyl (C=O) groups excluding carboxylic acids is 2. The summed E-state index contributed by atoms with van der Waals surface area (Å²) in [6.45, 7) is 2.72. The van der Waals surface area contributed by atoms with E-state index in [-0.39, 0.29) is 18.2 Å². The average Bonchev–Trinajstić information content (AvgIpc) is 2.54. The molecule has 0 aliphatic heterocycles. The summed E-state index contributed by atoms with van der Waals surface area (Å²) in [7, 11) is 3.16. The van der Waals surface area contributed by atoms with E-state index < -0.39 is 0 Å². The summed E-state index contributed by atoms with van der Waals surface area (Å²) in [5.41, 5.74) is 6.31. The molecule has 0 bridgehead atoms. The van der Waals surface area contributed by atoms with E-state index in [1.165, 1.54) is 4.90 Å². The van der Waals surface area contributed by atoms with Crippen molar-refractivity contribution >= 4 is 12.3 Å². The van der Waals surface area contributed by atoms with E-state index in [2.05, 4.69) is 0 Å². The van der Waals surface area contributed by atoms with Crippen LogP contribution in [0.4, 0.5) is 0 Å². The highest BCUT2D eigenvalue weighted by molar-refractivity contribution is 5.86. The fourth-order valence-corrected chi connectivity index (χ4v) is 2.21. The maximum absolute atomic E-state index is 12.2. The fourth-order valence-electron chi connectivity index (χ4n) is 2.21. The van der Waals surface area contributed by atoms with Crippen molar-refractivity contribution in [1.82, 2.24) is 4.90 Å². The molecule has 0 aliphatic carbocycles. The van der Waals surface area contributed by atoms with Gasteiger partial charge in [0.2, 0.25) is 12.3 Å². The average molecular weight is 308 g/mol. The van der Waals surface area contributed by atoms with Crippen LogP contribution in [0, 0.1) is 0 Å². The molecule has 0 aliphatic rings. The number of nitrogens with zero attached hydrogens (tertiary/aromatic N) is 1. The molecule has 6 heteroatoms. The minimum absolute atomic E-state index is 0.0753. The lowest BCUT2D eigenvalue weighted by Crippen LogP contribution is -2.32. The molecular formula is C16H24N2O4. The van der Waals surface area contributed by atoms with Crippen molar-refractivity contribution in [2.75, 3.05) is 27.3 Å². The van der Waals surface area contributed by atoms with Crippen molar-refractivity contribution in [2.24, 2.45) is 5.73 Å². The molecule has 22 heavy (non-hydrogen) atoms. The maximum Gasteiger partial charge on any atom is 0.229 e. The fraction of sp³-hybridized carbons (Fsp3) is 0.500. The third-order valence-corrected chi connectivity index (χ3v) is 3.50. The van der Waals surface area contributed by atoms with Gasteiger partial charge in [0.15, 0.2) is 0 Å². The Balaban J connectivity index is 2.81. The first-order valence-corrected chi connectivity index (χ1v) is 7.24. The van der Waals surface area contributed by atoms with Gasteiger partial charge in [-0.25, -0.2) is 0 Å². The predicted octanol–water partition coefficient (Wildman–Crippen LogP) is 1.53. The van der Waals surface area contributed by atoms with Crippen molar-refractivity contribution in [3.05, 3.63) is 23.8 Å². The quantitative estimate of drug-likeness (QED) is 0.700. The van der Waals surface area contributed by atoms with Crippen molar-refractivity contribution in [3.8, 4) is 11.5 Å². The lowest BCUT2D eigenvalue weighted by atomic mass is 9.96. The van der Waals surface area contributed by atoms with Gasteiger partial charge >= 0.3 is 0 Å². The van der Waals surface area contributed by atoms with Gasteiger partial charge in [-0.3, -0.25) is 14.5 Å². The Morgan fingerprint density at radius 1 is 1.36 bits per heavy atom. The van der Waals surface area contributed by atoms with Crippen LogP contribution < -0.4 is 15.2 Å². The normalized spacial score (nSPS) is 11.6. The van der Waals surface area contributed by atoms with Gasteiger partial charge in [0, 0.05) is 19.0 Å². The summed E-state index contributed by atoms with van der Waals surface area (Å²) in [6, 6.07) is 5.48. The van der Waals surface area contributed by atoms with E-state index in [1.54, 1.807) is 20.3 Å². The smallest absolute Gasteiger partial charge is 0.229 e. The highest BCUT2D eigenvalue weighted by Gasteiger charge is 2.19. The lowest BCUT2D eigenvalue weighted by Gasteiger charge is -2.20. The predicted molar refractivity (Wildman–Crippen MR) is 84.0 cm³/mol. The molecule has 0 heterocycles. The molecule has 0 aromatic heterocycles. The van der Waals surface area contributed by atoms with Crippen LogP contribution in [0.25, 0.3) is 0 Å². The molecule has 1 atom stereocenters. The second-order valence-electron chi connectivity index (χ2n) is 5.05. The molecule has 0 radical (unpaired) electrons. The van der Waals surface area contributed by atoms with Crippen LogP contribution in [-0.2, 0) is 9.59 Å². The van der Waals surface area contributed by atoms with Gasteiger partial charge in [0.25, 0.3) is 0 Å². The summed E-state index contributed by atoms with van der Waals surface area (Å²) < 4.78 is 10.5. The van der Waals surface area contributed by atoms with Crippen LogP contribution in [-0.4, -0.2) is 44.5 Å². The molecule has 0 saturated heterocycles. The Bertz CT molecular complexity index is 505. The SMILES string of the molecule is COc1ccc(C(C)CC(=O)N(C=O)CCCN)c(OC)c1. The van der Waals surface area contributed by atoms with Gasteiger partial charge in [-0.1, -0.05) is 13.0 Å². The van der Waals surface area contributed by atoms with E-state index in [4.69, 9.17) is 15.2 Å². The van der Waals surface area contributed by atoms with Crippen LogP contribution in [0.2, 0.25) is 0 Å². The monoisotopic (exact) mass is 308 g/mol. The molecule has 0 saturated carbocycles. The maximum atomic E-state index is 12.2. The van der Waals surface area contributed by atoms with Gasteiger partial charge in [-0.05, 0) is 30.5 Å². The number of hydrogen-bond acceptors (Lipinski definition) is 5. The van der Waals surface area contributed by atoms with Gasteiger partial charge in [0.05, 0.1) is 14.2 Å². The lowest BCUT2D eigenvalue weighted by molar-refractivity contribution is -0.138. The van der Waals surface area contributed by atoms with Crippen LogP contribution >= 0.6 is 0 Å². The third-order valence-electron chi connectivity index (χ3n) is 3.50. The number of methoxy groups -OCH3 is 2. The first kappa shape index (κ1) is 18.0. The first-order valence-electron chi connectivity index (χ1n) is 7.24. The summed E-state index contributed by atoms with van der Waals surface area (Å²) >= 11 is 0. The van der Waals surface area contributed by atoms with Crippen molar-refractivity contribution in [2.45, 2.75) is 25.7 Å². The number of benzene rings is 1. The Hall–Kier alpha value is -2.08. The zero-order chi connectivity index (χ0) is 16.5. The molecule has 1 unspecified atom stereocenters. The Morgan fingerprint density at radius 2 is 2.09 bits per heavy atom. The van der Waals surface area contributed by atoms with Gasteiger partial charge < -0.3 is 15.2 Å². The third kappa shape index (κ3) is 4.73. The molecule has 1 rings (SSSR count).